The molecule has 2 heterocycles. The van der Waals surface area contributed by atoms with Gasteiger partial charge in [-0.15, -0.1) is 12.4 Å². The average molecular weight is 412 g/mol. The Morgan fingerprint density at radius 3 is 2.56 bits per heavy atom. The van der Waals surface area contributed by atoms with Crippen molar-refractivity contribution in [1.82, 2.24) is 15.1 Å². The van der Waals surface area contributed by atoms with Gasteiger partial charge in [0.05, 0.1) is 12.0 Å². The Morgan fingerprint density at radius 1 is 1.04 bits per heavy atom. The quantitative estimate of drug-likeness (QED) is 0.831. The van der Waals surface area contributed by atoms with Crippen LogP contribution in [-0.4, -0.2) is 54.3 Å². The van der Waals surface area contributed by atoms with E-state index in [0.29, 0.717) is 24.7 Å². The fourth-order valence-corrected chi connectivity index (χ4v) is 4.45. The highest BCUT2D eigenvalue weighted by atomic mass is 35.5. The van der Waals surface area contributed by atoms with Crippen LogP contribution in [0, 0.1) is 11.8 Å². The van der Waals surface area contributed by atoms with Gasteiger partial charge in [0, 0.05) is 43.7 Å². The Hall–Kier alpha value is -1.30. The molecular formula is C20H27Cl2N3O2. The van der Waals surface area contributed by atoms with Crippen molar-refractivity contribution >= 4 is 35.8 Å². The highest BCUT2D eigenvalue weighted by molar-refractivity contribution is 6.31. The second kappa shape index (κ2) is 8.80. The first-order chi connectivity index (χ1) is 12.6. The number of likely N-dealkylation sites (tertiary alicyclic amines) is 1. The first kappa shape index (κ1) is 20.4. The van der Waals surface area contributed by atoms with E-state index in [1.165, 1.54) is 0 Å². The van der Waals surface area contributed by atoms with Crippen LogP contribution in [0.1, 0.15) is 37.3 Å². The first-order valence-corrected chi connectivity index (χ1v) is 10.1. The third kappa shape index (κ3) is 4.41. The Bertz CT molecular complexity index is 696. The van der Waals surface area contributed by atoms with Gasteiger partial charge in [0.1, 0.15) is 0 Å². The lowest BCUT2D eigenvalue weighted by Crippen LogP contribution is -2.53. The minimum Gasteiger partial charge on any atom is -0.342 e. The van der Waals surface area contributed by atoms with E-state index in [9.17, 15) is 9.59 Å². The van der Waals surface area contributed by atoms with Crippen LogP contribution in [-0.2, 0) is 9.59 Å². The molecule has 27 heavy (non-hydrogen) atoms. The summed E-state index contributed by atoms with van der Waals surface area (Å²) in [5.41, 5.74) is 0.997. The number of halogens is 2. The number of hydrogen-bond donors (Lipinski definition) is 1. The Labute approximate surface area is 171 Å². The summed E-state index contributed by atoms with van der Waals surface area (Å²) in [5, 5.41) is 4.08. The highest BCUT2D eigenvalue weighted by Crippen LogP contribution is 2.34. The predicted molar refractivity (Wildman–Crippen MR) is 108 cm³/mol. The van der Waals surface area contributed by atoms with Crippen LogP contribution in [0.25, 0.3) is 0 Å². The summed E-state index contributed by atoms with van der Waals surface area (Å²) in [4.78, 5) is 29.6. The SMILES string of the molecule is Cl.O=C(C1CC1)N1CCCC(C(=O)N2CCNCC2c2ccccc2Cl)C1. The number of benzene rings is 1. The number of amides is 2. The third-order valence-corrected chi connectivity index (χ3v) is 6.14. The monoisotopic (exact) mass is 411 g/mol. The van der Waals surface area contributed by atoms with Gasteiger partial charge in [-0.2, -0.15) is 0 Å². The van der Waals surface area contributed by atoms with Crippen LogP contribution in [0.15, 0.2) is 24.3 Å². The van der Waals surface area contributed by atoms with Crippen molar-refractivity contribution in [3.8, 4) is 0 Å². The smallest absolute Gasteiger partial charge is 0.228 e. The molecule has 1 aromatic rings. The number of carbonyl (C=O) groups is 2. The normalized spacial score (nSPS) is 25.7. The van der Waals surface area contributed by atoms with Crippen molar-refractivity contribution in [1.29, 1.82) is 0 Å². The summed E-state index contributed by atoms with van der Waals surface area (Å²) < 4.78 is 0. The van der Waals surface area contributed by atoms with E-state index in [2.05, 4.69) is 5.32 Å². The molecule has 1 saturated carbocycles. The molecule has 4 rings (SSSR count). The lowest BCUT2D eigenvalue weighted by Gasteiger charge is -2.41. The number of piperazine rings is 1. The van der Waals surface area contributed by atoms with Gasteiger partial charge in [0.25, 0.3) is 0 Å². The molecule has 2 unspecified atom stereocenters. The third-order valence-electron chi connectivity index (χ3n) is 5.80. The molecule has 0 spiro atoms. The molecule has 3 aliphatic rings. The molecule has 2 saturated heterocycles. The molecule has 2 amide bonds. The summed E-state index contributed by atoms with van der Waals surface area (Å²) in [5.74, 6) is 0.559. The average Bonchev–Trinajstić information content (AvgIpc) is 3.53. The predicted octanol–water partition coefficient (Wildman–Crippen LogP) is 2.88. The van der Waals surface area contributed by atoms with Crippen LogP contribution in [0.2, 0.25) is 5.02 Å². The van der Waals surface area contributed by atoms with Crippen LogP contribution in [0.4, 0.5) is 0 Å². The number of carbonyl (C=O) groups excluding carboxylic acids is 2. The summed E-state index contributed by atoms with van der Waals surface area (Å²) >= 11 is 6.40. The fraction of sp³-hybridized carbons (Fsp3) is 0.600. The molecule has 3 fully saturated rings. The molecule has 148 valence electrons. The molecule has 0 bridgehead atoms. The van der Waals surface area contributed by atoms with Gasteiger partial charge in [0.2, 0.25) is 11.8 Å². The van der Waals surface area contributed by atoms with Crippen LogP contribution < -0.4 is 5.32 Å². The number of nitrogens with one attached hydrogen (secondary N) is 1. The van der Waals surface area contributed by atoms with E-state index in [1.54, 1.807) is 0 Å². The van der Waals surface area contributed by atoms with Gasteiger partial charge >= 0.3 is 0 Å². The Balaban J connectivity index is 0.00000210. The molecule has 7 heteroatoms. The van der Waals surface area contributed by atoms with Crippen LogP contribution >= 0.6 is 24.0 Å². The maximum absolute atomic E-state index is 13.3. The molecule has 2 atom stereocenters. The van der Waals surface area contributed by atoms with E-state index in [-0.39, 0.29) is 42.1 Å². The highest BCUT2D eigenvalue weighted by Gasteiger charge is 2.39. The van der Waals surface area contributed by atoms with Crippen molar-refractivity contribution in [2.24, 2.45) is 11.8 Å². The van der Waals surface area contributed by atoms with Gasteiger partial charge in [-0.3, -0.25) is 9.59 Å². The molecule has 2 aliphatic heterocycles. The van der Waals surface area contributed by atoms with Gasteiger partial charge < -0.3 is 15.1 Å². The van der Waals surface area contributed by atoms with Crippen molar-refractivity contribution < 1.29 is 9.59 Å². The maximum Gasteiger partial charge on any atom is 0.228 e. The first-order valence-electron chi connectivity index (χ1n) is 9.69. The maximum atomic E-state index is 13.3. The van der Waals surface area contributed by atoms with E-state index < -0.39 is 0 Å². The number of nitrogens with zero attached hydrogens (tertiary/aromatic N) is 2. The summed E-state index contributed by atoms with van der Waals surface area (Å²) in [6.45, 7) is 3.57. The number of rotatable bonds is 3. The summed E-state index contributed by atoms with van der Waals surface area (Å²) in [6, 6.07) is 7.72. The van der Waals surface area contributed by atoms with Crippen molar-refractivity contribution in [3.63, 3.8) is 0 Å². The van der Waals surface area contributed by atoms with E-state index in [4.69, 9.17) is 11.6 Å². The Morgan fingerprint density at radius 2 is 1.81 bits per heavy atom. The zero-order chi connectivity index (χ0) is 18.1. The lowest BCUT2D eigenvalue weighted by molar-refractivity contribution is -0.143. The van der Waals surface area contributed by atoms with Crippen molar-refractivity contribution in [3.05, 3.63) is 34.9 Å². The van der Waals surface area contributed by atoms with Crippen molar-refractivity contribution in [2.75, 3.05) is 32.7 Å². The second-order valence-electron chi connectivity index (χ2n) is 7.67. The largest absolute Gasteiger partial charge is 0.342 e. The summed E-state index contributed by atoms with van der Waals surface area (Å²) in [7, 11) is 0. The second-order valence-corrected chi connectivity index (χ2v) is 8.08. The summed E-state index contributed by atoms with van der Waals surface area (Å²) in [6.07, 6.45) is 3.81. The van der Waals surface area contributed by atoms with Gasteiger partial charge in [-0.05, 0) is 37.3 Å². The minimum atomic E-state index is -0.0884. The molecule has 0 aromatic heterocycles. The molecular weight excluding hydrogens is 385 g/mol. The topological polar surface area (TPSA) is 52.7 Å². The zero-order valence-corrected chi connectivity index (χ0v) is 17.0. The van der Waals surface area contributed by atoms with Gasteiger partial charge in [0.15, 0.2) is 0 Å². The molecule has 5 nitrogen and oxygen atoms in total. The molecule has 1 N–H and O–H groups in total. The minimum absolute atomic E-state index is 0. The van der Waals surface area contributed by atoms with E-state index in [1.807, 2.05) is 34.1 Å². The fourth-order valence-electron chi connectivity index (χ4n) is 4.19. The molecule has 0 radical (unpaired) electrons. The molecule has 1 aliphatic carbocycles. The standard InChI is InChI=1S/C20H26ClN3O2.ClH/c21-17-6-2-1-5-16(17)18-12-22-9-11-24(18)20(26)15-4-3-10-23(13-15)19(25)14-7-8-14;/h1-2,5-6,14-15,18,22H,3-4,7-13H2;1H. The number of piperidine rings is 1. The lowest BCUT2D eigenvalue weighted by atomic mass is 9.93. The van der Waals surface area contributed by atoms with E-state index in [0.717, 1.165) is 44.3 Å². The molecule has 1 aromatic carbocycles. The van der Waals surface area contributed by atoms with Gasteiger partial charge in [-0.25, -0.2) is 0 Å². The van der Waals surface area contributed by atoms with Gasteiger partial charge in [-0.1, -0.05) is 29.8 Å². The Kier molecular flexibility index (Phi) is 6.66. The van der Waals surface area contributed by atoms with Crippen LogP contribution in [0.5, 0.6) is 0 Å². The number of hydrogen-bond acceptors (Lipinski definition) is 3. The zero-order valence-electron chi connectivity index (χ0n) is 15.4. The van der Waals surface area contributed by atoms with Crippen LogP contribution in [0.3, 0.4) is 0 Å². The van der Waals surface area contributed by atoms with E-state index >= 15 is 0 Å². The van der Waals surface area contributed by atoms with Crippen molar-refractivity contribution in [2.45, 2.75) is 31.7 Å².